The van der Waals surface area contributed by atoms with Crippen molar-refractivity contribution < 1.29 is 14.4 Å². The van der Waals surface area contributed by atoms with E-state index in [1.165, 1.54) is 0 Å². The third kappa shape index (κ3) is 4.13. The molecule has 24 heavy (non-hydrogen) atoms. The molecule has 1 aliphatic rings. The molecule has 0 unspecified atom stereocenters. The molecule has 4 amide bonds. The Kier molecular flexibility index (Phi) is 5.59. The van der Waals surface area contributed by atoms with Crippen molar-refractivity contribution in [1.82, 2.24) is 15.5 Å². The Hall–Kier alpha value is -2.37. The van der Waals surface area contributed by atoms with Gasteiger partial charge in [-0.2, -0.15) is 0 Å². The van der Waals surface area contributed by atoms with Crippen molar-refractivity contribution >= 4 is 17.8 Å². The number of benzene rings is 1. The van der Waals surface area contributed by atoms with Crippen molar-refractivity contribution in [2.45, 2.75) is 46.2 Å². The number of nitrogens with one attached hydrogen (secondary N) is 2. The van der Waals surface area contributed by atoms with Crippen LogP contribution in [0.3, 0.4) is 0 Å². The average molecular weight is 331 g/mol. The summed E-state index contributed by atoms with van der Waals surface area (Å²) in [5.41, 5.74) is 2.10. The molecule has 2 atom stereocenters. The molecule has 1 aliphatic heterocycles. The summed E-state index contributed by atoms with van der Waals surface area (Å²) < 4.78 is 0. The normalized spacial score (nSPS) is 18.7. The number of imide groups is 1. The first kappa shape index (κ1) is 18.0. The molecule has 0 bridgehead atoms. The Bertz CT molecular complexity index is 642. The number of aryl methyl sites for hydroxylation is 1. The summed E-state index contributed by atoms with van der Waals surface area (Å²) in [6, 6.07) is 6.57. The van der Waals surface area contributed by atoms with E-state index in [9.17, 15) is 14.4 Å². The number of hydrogen-bond acceptors (Lipinski definition) is 3. The van der Waals surface area contributed by atoms with Crippen LogP contribution in [-0.4, -0.2) is 35.3 Å². The topological polar surface area (TPSA) is 78.5 Å². The lowest BCUT2D eigenvalue weighted by Gasteiger charge is -2.19. The van der Waals surface area contributed by atoms with Crippen LogP contribution in [0.15, 0.2) is 24.3 Å². The van der Waals surface area contributed by atoms with Crippen molar-refractivity contribution in [3.63, 3.8) is 0 Å². The van der Waals surface area contributed by atoms with E-state index in [1.807, 2.05) is 52.0 Å². The molecule has 0 aliphatic carbocycles. The van der Waals surface area contributed by atoms with Crippen LogP contribution in [0.2, 0.25) is 0 Å². The van der Waals surface area contributed by atoms with Gasteiger partial charge in [0.2, 0.25) is 5.91 Å². The van der Waals surface area contributed by atoms with Gasteiger partial charge >= 0.3 is 6.03 Å². The second kappa shape index (κ2) is 7.47. The highest BCUT2D eigenvalue weighted by Crippen LogP contribution is 2.17. The molecular formula is C18H25N3O3. The molecule has 0 spiro atoms. The van der Waals surface area contributed by atoms with Crippen LogP contribution in [0.25, 0.3) is 0 Å². The number of nitrogens with zero attached hydrogens (tertiary/aromatic N) is 1. The SMILES string of the molecule is Cc1ccccc1[C@@H](C)NC(=O)CN1C(=O)N[C@H](CC(C)C)C1=O. The van der Waals surface area contributed by atoms with Gasteiger partial charge in [0, 0.05) is 0 Å². The predicted octanol–water partition coefficient (Wildman–Crippen LogP) is 2.14. The lowest BCUT2D eigenvalue weighted by molar-refractivity contribution is -0.132. The fraction of sp³-hybridized carbons (Fsp3) is 0.500. The highest BCUT2D eigenvalue weighted by molar-refractivity contribution is 6.06. The van der Waals surface area contributed by atoms with Gasteiger partial charge in [-0.15, -0.1) is 0 Å². The van der Waals surface area contributed by atoms with Gasteiger partial charge in [0.25, 0.3) is 5.91 Å². The molecule has 1 fully saturated rings. The molecule has 1 aromatic carbocycles. The maximum Gasteiger partial charge on any atom is 0.325 e. The monoisotopic (exact) mass is 331 g/mol. The van der Waals surface area contributed by atoms with Gasteiger partial charge in [-0.05, 0) is 37.3 Å². The maximum absolute atomic E-state index is 12.3. The highest BCUT2D eigenvalue weighted by Gasteiger charge is 2.39. The number of carbonyl (C=O) groups is 3. The maximum atomic E-state index is 12.3. The zero-order valence-corrected chi connectivity index (χ0v) is 14.6. The molecule has 0 saturated carbocycles. The van der Waals surface area contributed by atoms with Gasteiger partial charge in [0.05, 0.1) is 6.04 Å². The summed E-state index contributed by atoms with van der Waals surface area (Å²) in [5, 5.41) is 5.49. The number of hydrogen-bond donors (Lipinski definition) is 2. The van der Waals surface area contributed by atoms with Crippen molar-refractivity contribution in [2.75, 3.05) is 6.54 Å². The fourth-order valence-electron chi connectivity index (χ4n) is 2.94. The summed E-state index contributed by atoms with van der Waals surface area (Å²) in [6.07, 6.45) is 0.572. The van der Waals surface area contributed by atoms with Gasteiger partial charge in [-0.3, -0.25) is 14.5 Å². The van der Waals surface area contributed by atoms with Crippen LogP contribution >= 0.6 is 0 Å². The van der Waals surface area contributed by atoms with E-state index in [-0.39, 0.29) is 30.3 Å². The first-order valence-electron chi connectivity index (χ1n) is 8.26. The van der Waals surface area contributed by atoms with Crippen LogP contribution in [0.4, 0.5) is 4.79 Å². The van der Waals surface area contributed by atoms with E-state index in [0.29, 0.717) is 6.42 Å². The first-order valence-corrected chi connectivity index (χ1v) is 8.26. The van der Waals surface area contributed by atoms with Crippen molar-refractivity contribution in [3.05, 3.63) is 35.4 Å². The second-order valence-corrected chi connectivity index (χ2v) is 6.70. The molecule has 6 nitrogen and oxygen atoms in total. The van der Waals surface area contributed by atoms with Gasteiger partial charge in [0.1, 0.15) is 12.6 Å². The number of rotatable bonds is 6. The molecule has 1 aromatic rings. The summed E-state index contributed by atoms with van der Waals surface area (Å²) >= 11 is 0. The standard InChI is InChI=1S/C18H25N3O3/c1-11(2)9-15-17(23)21(18(24)20-15)10-16(22)19-13(4)14-8-6-5-7-12(14)3/h5-8,11,13,15H,9-10H2,1-4H3,(H,19,22)(H,20,24)/t13-,15-/m1/s1. The predicted molar refractivity (Wildman–Crippen MR) is 91.2 cm³/mol. The second-order valence-electron chi connectivity index (χ2n) is 6.70. The van der Waals surface area contributed by atoms with Crippen molar-refractivity contribution in [3.8, 4) is 0 Å². The summed E-state index contributed by atoms with van der Waals surface area (Å²) in [5.74, 6) is -0.388. The minimum atomic E-state index is -0.529. The molecule has 2 N–H and O–H groups in total. The number of carbonyl (C=O) groups excluding carboxylic acids is 3. The van der Waals surface area contributed by atoms with E-state index in [1.54, 1.807) is 0 Å². The summed E-state index contributed by atoms with van der Waals surface area (Å²) in [4.78, 5) is 37.4. The van der Waals surface area contributed by atoms with E-state index >= 15 is 0 Å². The van der Waals surface area contributed by atoms with Crippen LogP contribution in [0.5, 0.6) is 0 Å². The van der Waals surface area contributed by atoms with E-state index < -0.39 is 12.1 Å². The molecule has 0 radical (unpaired) electrons. The van der Waals surface area contributed by atoms with E-state index in [2.05, 4.69) is 10.6 Å². The Morgan fingerprint density at radius 3 is 2.54 bits per heavy atom. The van der Waals surface area contributed by atoms with Gasteiger partial charge < -0.3 is 10.6 Å². The Balaban J connectivity index is 1.96. The van der Waals surface area contributed by atoms with E-state index in [4.69, 9.17) is 0 Å². The lowest BCUT2D eigenvalue weighted by atomic mass is 10.0. The molecule has 130 valence electrons. The van der Waals surface area contributed by atoms with E-state index in [0.717, 1.165) is 16.0 Å². The lowest BCUT2D eigenvalue weighted by Crippen LogP contribution is -2.42. The molecule has 6 heteroatoms. The highest BCUT2D eigenvalue weighted by atomic mass is 16.2. The zero-order valence-electron chi connectivity index (χ0n) is 14.6. The summed E-state index contributed by atoms with van der Waals surface area (Å²) in [7, 11) is 0. The Morgan fingerprint density at radius 1 is 1.25 bits per heavy atom. The smallest absolute Gasteiger partial charge is 0.325 e. The number of urea groups is 1. The number of amides is 4. The van der Waals surface area contributed by atoms with Crippen LogP contribution < -0.4 is 10.6 Å². The van der Waals surface area contributed by atoms with Gasteiger partial charge in [-0.25, -0.2) is 4.79 Å². The van der Waals surface area contributed by atoms with Crippen LogP contribution in [-0.2, 0) is 9.59 Å². The first-order chi connectivity index (χ1) is 11.3. The minimum absolute atomic E-state index is 0.189. The molecular weight excluding hydrogens is 306 g/mol. The third-order valence-electron chi connectivity index (χ3n) is 4.15. The molecule has 1 saturated heterocycles. The quantitative estimate of drug-likeness (QED) is 0.784. The Labute approximate surface area is 142 Å². The third-order valence-corrected chi connectivity index (χ3v) is 4.15. The van der Waals surface area contributed by atoms with Gasteiger partial charge in [0.15, 0.2) is 0 Å². The minimum Gasteiger partial charge on any atom is -0.348 e. The molecule has 2 rings (SSSR count). The largest absolute Gasteiger partial charge is 0.348 e. The van der Waals surface area contributed by atoms with Crippen LogP contribution in [0.1, 0.15) is 44.4 Å². The van der Waals surface area contributed by atoms with Crippen molar-refractivity contribution in [2.24, 2.45) is 5.92 Å². The zero-order chi connectivity index (χ0) is 17.9. The molecule has 1 heterocycles. The molecule has 0 aromatic heterocycles. The average Bonchev–Trinajstić information content (AvgIpc) is 2.74. The van der Waals surface area contributed by atoms with Crippen molar-refractivity contribution in [1.29, 1.82) is 0 Å². The summed E-state index contributed by atoms with van der Waals surface area (Å²) in [6.45, 7) is 7.58. The van der Waals surface area contributed by atoms with Gasteiger partial charge in [-0.1, -0.05) is 38.1 Å². The Morgan fingerprint density at radius 2 is 1.92 bits per heavy atom. The van der Waals surface area contributed by atoms with Crippen LogP contribution in [0, 0.1) is 12.8 Å². The fourth-order valence-corrected chi connectivity index (χ4v) is 2.94.